The van der Waals surface area contributed by atoms with Crippen LogP contribution in [0.4, 0.5) is 30.5 Å². The molecule has 124 valence electrons. The lowest BCUT2D eigenvalue weighted by Gasteiger charge is -2.31. The average molecular weight is 369 g/mol. The van der Waals surface area contributed by atoms with Crippen molar-refractivity contribution in [2.24, 2.45) is 0 Å². The molecule has 1 rings (SSSR count). The van der Waals surface area contributed by atoms with Crippen molar-refractivity contribution < 1.29 is 57.5 Å². The minimum absolute atomic E-state index is 1.50. The third-order valence-corrected chi connectivity index (χ3v) is 4.18. The summed E-state index contributed by atoms with van der Waals surface area (Å²) < 4.78 is 128. The molecule has 0 N–H and O–H groups in total. The van der Waals surface area contributed by atoms with Crippen molar-refractivity contribution in [3.05, 3.63) is 0 Å². The molecule has 0 spiro atoms. The molecule has 1 aliphatic heterocycles. The highest BCUT2D eigenvalue weighted by atomic mass is 32.2. The number of hydrogen-bond acceptors (Lipinski definition) is 6. The molecule has 1 heterocycles. The predicted molar refractivity (Wildman–Crippen MR) is 49.3 cm³/mol. The van der Waals surface area contributed by atoms with Gasteiger partial charge in [0.2, 0.25) is 5.79 Å². The molecule has 21 heavy (non-hydrogen) atoms. The fraction of sp³-hybridized carbons (Fsp3) is 1.00. The molecule has 0 aromatic rings. The van der Waals surface area contributed by atoms with E-state index in [1.54, 1.807) is 0 Å². The van der Waals surface area contributed by atoms with E-state index in [4.69, 9.17) is 0 Å². The molecule has 0 aromatic carbocycles. The minimum atomic E-state index is -5.76. The van der Waals surface area contributed by atoms with Crippen LogP contribution in [-0.4, -0.2) is 44.5 Å². The van der Waals surface area contributed by atoms with Gasteiger partial charge in [-0.1, -0.05) is 0 Å². The predicted octanol–water partition coefficient (Wildman–Crippen LogP) is 2.20. The number of sulfone groups is 1. The fourth-order valence-electron chi connectivity index (χ4n) is 1.63. The quantitative estimate of drug-likeness (QED) is 0.430. The van der Waals surface area contributed by atoms with Crippen LogP contribution in [-0.2, 0) is 28.4 Å². The second-order valence-corrected chi connectivity index (χ2v) is 6.51. The van der Waals surface area contributed by atoms with Crippen molar-refractivity contribution in [2.45, 2.75) is 24.6 Å². The van der Waals surface area contributed by atoms with Crippen molar-refractivity contribution in [1.29, 1.82) is 0 Å². The Morgan fingerprint density at radius 2 is 1.48 bits per heavy atom. The van der Waals surface area contributed by atoms with Crippen LogP contribution in [0.1, 0.15) is 0 Å². The highest BCUT2D eigenvalue weighted by molar-refractivity contribution is 7.91. The molecule has 0 bridgehead atoms. The van der Waals surface area contributed by atoms with E-state index in [1.165, 1.54) is 0 Å². The molecular weight excluding hydrogens is 364 g/mol. The van der Waals surface area contributed by atoms with Gasteiger partial charge in [0, 0.05) is 4.57 Å². The molecule has 0 saturated carbocycles. The number of halogens is 7. The molecule has 2 unspecified atom stereocenters. The second-order valence-electron chi connectivity index (χ2n) is 3.77. The largest absolute Gasteiger partial charge is 0.746 e. The standard InChI is InChI=1S/C6H5F7O6PS/c7-5(8,9)18-4(19-6(10,11)12)2-21(15,16)1-3(4)17-20(13)14/h3H,1-2H2/q+1. The van der Waals surface area contributed by atoms with Gasteiger partial charge < -0.3 is 0 Å². The summed E-state index contributed by atoms with van der Waals surface area (Å²) in [6.07, 6.45) is -14.2. The van der Waals surface area contributed by atoms with Crippen LogP contribution in [0, 0.1) is 0 Å². The van der Waals surface area contributed by atoms with Gasteiger partial charge in [-0.15, -0.1) is 30.9 Å². The van der Waals surface area contributed by atoms with E-state index in [9.17, 15) is 43.5 Å². The smallest absolute Gasteiger partial charge is 0.255 e. The second kappa shape index (κ2) is 5.57. The highest BCUT2D eigenvalue weighted by Crippen LogP contribution is 2.44. The van der Waals surface area contributed by atoms with Crippen molar-refractivity contribution in [3.63, 3.8) is 0 Å². The first kappa shape index (κ1) is 18.5. The Labute approximate surface area is 113 Å². The molecule has 2 atom stereocenters. The van der Waals surface area contributed by atoms with Crippen LogP contribution in [0.15, 0.2) is 0 Å². The first-order valence-corrected chi connectivity index (χ1v) is 7.57. The zero-order valence-corrected chi connectivity index (χ0v) is 11.2. The van der Waals surface area contributed by atoms with E-state index < -0.39 is 54.3 Å². The van der Waals surface area contributed by atoms with E-state index in [0.29, 0.717) is 0 Å². The zero-order valence-electron chi connectivity index (χ0n) is 9.44. The molecule has 1 fully saturated rings. The van der Waals surface area contributed by atoms with Gasteiger partial charge in [-0.2, -0.15) is 0 Å². The summed E-state index contributed by atoms with van der Waals surface area (Å²) in [5.41, 5.74) is 0. The summed E-state index contributed by atoms with van der Waals surface area (Å²) in [7, 11) is -8.77. The lowest BCUT2D eigenvalue weighted by atomic mass is 10.2. The molecule has 6 nitrogen and oxygen atoms in total. The fourth-order valence-corrected chi connectivity index (χ4v) is 3.98. The number of ether oxygens (including phenoxy) is 2. The SMILES string of the molecule is O=[P+](F)OC1CS(=O)(=O)CC1(OC(F)(F)F)OC(F)(F)F. The summed E-state index contributed by atoms with van der Waals surface area (Å²) in [6.45, 7) is 0. The van der Waals surface area contributed by atoms with Crippen LogP contribution in [0.25, 0.3) is 0 Å². The van der Waals surface area contributed by atoms with Gasteiger partial charge in [-0.3, -0.25) is 9.47 Å². The Morgan fingerprint density at radius 3 is 1.81 bits per heavy atom. The zero-order chi connectivity index (χ0) is 16.7. The van der Waals surface area contributed by atoms with Gasteiger partial charge >= 0.3 is 21.1 Å². The normalized spacial score (nSPS) is 25.9. The Morgan fingerprint density at radius 1 is 1.05 bits per heavy atom. The van der Waals surface area contributed by atoms with Gasteiger partial charge in [0.25, 0.3) is 0 Å². The van der Waals surface area contributed by atoms with Gasteiger partial charge in [0.1, 0.15) is 5.75 Å². The first-order chi connectivity index (χ1) is 9.14. The van der Waals surface area contributed by atoms with Crippen LogP contribution >= 0.6 is 8.34 Å². The van der Waals surface area contributed by atoms with Crippen LogP contribution in [0.2, 0.25) is 0 Å². The average Bonchev–Trinajstić information content (AvgIpc) is 2.27. The summed E-state index contributed by atoms with van der Waals surface area (Å²) in [5.74, 6) is -7.34. The van der Waals surface area contributed by atoms with Crippen LogP contribution in [0.5, 0.6) is 0 Å². The maximum atomic E-state index is 12.2. The molecule has 0 aliphatic carbocycles. The van der Waals surface area contributed by atoms with Gasteiger partial charge in [-0.25, -0.2) is 8.42 Å². The number of rotatable bonds is 4. The molecule has 1 aliphatic rings. The topological polar surface area (TPSA) is 78.9 Å². The Bertz CT molecular complexity index is 497. The van der Waals surface area contributed by atoms with Crippen molar-refractivity contribution in [2.75, 3.05) is 11.5 Å². The van der Waals surface area contributed by atoms with Crippen molar-refractivity contribution in [1.82, 2.24) is 0 Å². The van der Waals surface area contributed by atoms with Crippen molar-refractivity contribution in [3.8, 4) is 0 Å². The van der Waals surface area contributed by atoms with E-state index in [2.05, 4.69) is 14.0 Å². The lowest BCUT2D eigenvalue weighted by molar-refractivity contribution is -0.481. The minimum Gasteiger partial charge on any atom is -0.255 e. The first-order valence-electron chi connectivity index (χ1n) is 4.68. The molecule has 0 amide bonds. The summed E-state index contributed by atoms with van der Waals surface area (Å²) in [6, 6.07) is 0. The van der Waals surface area contributed by atoms with Gasteiger partial charge in [0.15, 0.2) is 15.9 Å². The summed E-state index contributed by atoms with van der Waals surface area (Å²) >= 11 is 0. The summed E-state index contributed by atoms with van der Waals surface area (Å²) in [4.78, 5) is 0. The third kappa shape index (κ3) is 5.62. The van der Waals surface area contributed by atoms with E-state index in [1.807, 2.05) is 0 Å². The van der Waals surface area contributed by atoms with Crippen LogP contribution in [0.3, 0.4) is 0 Å². The Balaban J connectivity index is 3.26. The maximum Gasteiger partial charge on any atom is 0.746 e. The third-order valence-electron chi connectivity index (χ3n) is 2.10. The summed E-state index contributed by atoms with van der Waals surface area (Å²) in [5, 5.41) is 0. The molecule has 15 heteroatoms. The Kier molecular flexibility index (Phi) is 4.91. The molecule has 0 aromatic heterocycles. The number of hydrogen-bond donors (Lipinski definition) is 0. The van der Waals surface area contributed by atoms with E-state index in [-0.39, 0.29) is 0 Å². The lowest BCUT2D eigenvalue weighted by Crippen LogP contribution is -2.53. The molecule has 1 saturated heterocycles. The monoisotopic (exact) mass is 369 g/mol. The van der Waals surface area contributed by atoms with Crippen molar-refractivity contribution >= 4 is 18.2 Å². The maximum absolute atomic E-state index is 12.2. The van der Waals surface area contributed by atoms with Gasteiger partial charge in [-0.05, 0) is 0 Å². The molecule has 0 radical (unpaired) electrons. The highest BCUT2D eigenvalue weighted by Gasteiger charge is 2.65. The van der Waals surface area contributed by atoms with E-state index in [0.717, 1.165) is 0 Å². The van der Waals surface area contributed by atoms with E-state index >= 15 is 0 Å². The number of alkyl halides is 6. The van der Waals surface area contributed by atoms with Gasteiger partial charge in [0.05, 0.1) is 9.95 Å². The Hall–Kier alpha value is -0.560. The van der Waals surface area contributed by atoms with Crippen LogP contribution < -0.4 is 0 Å². The molecular formula is C6H5F7O6PS+.